The Labute approximate surface area is 133 Å². The summed E-state index contributed by atoms with van der Waals surface area (Å²) < 4.78 is 1.10. The van der Waals surface area contributed by atoms with Gasteiger partial charge in [-0.05, 0) is 62.8 Å². The van der Waals surface area contributed by atoms with Gasteiger partial charge in [0.05, 0.1) is 0 Å². The van der Waals surface area contributed by atoms with Gasteiger partial charge in [-0.1, -0.05) is 43.3 Å². The predicted octanol–water partition coefficient (Wildman–Crippen LogP) is 5.84. The summed E-state index contributed by atoms with van der Waals surface area (Å²) >= 11 is 3.58. The van der Waals surface area contributed by atoms with E-state index in [-0.39, 0.29) is 5.54 Å². The number of nitrogens with one attached hydrogen (secondary N) is 1. The van der Waals surface area contributed by atoms with Crippen molar-refractivity contribution in [2.24, 2.45) is 5.41 Å². The fourth-order valence-corrected chi connectivity index (χ4v) is 3.55. The Hall–Kier alpha value is -0.760. The van der Waals surface area contributed by atoms with Crippen LogP contribution in [0.1, 0.15) is 57.7 Å². The molecule has 0 unspecified atom stereocenters. The lowest BCUT2D eigenvalue weighted by Crippen LogP contribution is -2.41. The third kappa shape index (κ3) is 4.97. The Morgan fingerprint density at radius 2 is 1.70 bits per heavy atom. The van der Waals surface area contributed by atoms with Crippen LogP contribution in [0, 0.1) is 19.3 Å². The van der Waals surface area contributed by atoms with Crippen LogP contribution in [0.2, 0.25) is 0 Å². The number of benzene rings is 1. The zero-order valence-electron chi connectivity index (χ0n) is 13.9. The Balaban J connectivity index is 2.97. The largest absolute Gasteiger partial charge is 0.380 e. The Morgan fingerprint density at radius 1 is 1.15 bits per heavy atom. The summed E-state index contributed by atoms with van der Waals surface area (Å²) in [4.78, 5) is 0. The molecule has 0 fully saturated rings. The van der Waals surface area contributed by atoms with Crippen molar-refractivity contribution in [1.29, 1.82) is 0 Å². The van der Waals surface area contributed by atoms with Crippen LogP contribution < -0.4 is 5.32 Å². The first kappa shape index (κ1) is 17.3. The third-order valence-electron chi connectivity index (χ3n) is 3.42. The molecule has 0 radical (unpaired) electrons. The summed E-state index contributed by atoms with van der Waals surface area (Å²) in [7, 11) is 0. The summed E-state index contributed by atoms with van der Waals surface area (Å²) in [6, 6.07) is 4.29. The summed E-state index contributed by atoms with van der Waals surface area (Å²) in [5.41, 5.74) is 5.08. The van der Waals surface area contributed by atoms with Gasteiger partial charge in [0.1, 0.15) is 0 Å². The SMILES string of the molecule is C=C(NC(C)(C)CC(C)(C)C)c1cc(Br)cc(C)c1C. The van der Waals surface area contributed by atoms with Crippen molar-refractivity contribution in [2.75, 3.05) is 0 Å². The van der Waals surface area contributed by atoms with E-state index < -0.39 is 0 Å². The van der Waals surface area contributed by atoms with E-state index in [0.717, 1.165) is 16.6 Å². The molecule has 0 saturated carbocycles. The molecule has 1 aromatic rings. The van der Waals surface area contributed by atoms with Crippen LogP contribution in [0.25, 0.3) is 5.70 Å². The van der Waals surface area contributed by atoms with E-state index in [1.807, 2.05) is 0 Å². The summed E-state index contributed by atoms with van der Waals surface area (Å²) in [5.74, 6) is 0. The molecule has 0 aromatic heterocycles. The number of hydrogen-bond donors (Lipinski definition) is 1. The maximum atomic E-state index is 4.25. The molecule has 1 aromatic carbocycles. The third-order valence-corrected chi connectivity index (χ3v) is 3.88. The number of halogens is 1. The number of rotatable bonds is 4. The highest BCUT2D eigenvalue weighted by Crippen LogP contribution is 2.30. The lowest BCUT2D eigenvalue weighted by Gasteiger charge is -2.35. The van der Waals surface area contributed by atoms with Crippen molar-refractivity contribution in [3.8, 4) is 0 Å². The van der Waals surface area contributed by atoms with E-state index >= 15 is 0 Å². The van der Waals surface area contributed by atoms with E-state index in [1.165, 1.54) is 16.7 Å². The molecule has 1 rings (SSSR count). The lowest BCUT2D eigenvalue weighted by atomic mass is 9.81. The van der Waals surface area contributed by atoms with E-state index in [9.17, 15) is 0 Å². The fourth-order valence-electron chi connectivity index (χ4n) is 2.97. The first-order valence-corrected chi connectivity index (χ1v) is 7.95. The molecule has 0 saturated heterocycles. The standard InChI is InChI=1S/C18H28BrN/c1-12-9-15(19)10-16(13(12)2)14(3)20-18(7,8)11-17(4,5)6/h9-10,20H,3,11H2,1-2,4-8H3. The van der Waals surface area contributed by atoms with Crippen LogP contribution in [-0.2, 0) is 0 Å². The first-order chi connectivity index (χ1) is 8.91. The topological polar surface area (TPSA) is 12.0 Å². The van der Waals surface area contributed by atoms with E-state index in [0.29, 0.717) is 5.41 Å². The molecule has 20 heavy (non-hydrogen) atoms. The molecular weight excluding hydrogens is 310 g/mol. The molecule has 0 aliphatic heterocycles. The molecular formula is C18H28BrN. The first-order valence-electron chi connectivity index (χ1n) is 7.15. The molecule has 0 atom stereocenters. The summed E-state index contributed by atoms with van der Waals surface area (Å²) in [5, 5.41) is 3.61. The van der Waals surface area contributed by atoms with Crippen LogP contribution in [0.3, 0.4) is 0 Å². The van der Waals surface area contributed by atoms with Gasteiger partial charge in [0.2, 0.25) is 0 Å². The normalized spacial score (nSPS) is 12.4. The zero-order valence-corrected chi connectivity index (χ0v) is 15.5. The molecule has 0 bridgehead atoms. The van der Waals surface area contributed by atoms with Gasteiger partial charge in [0, 0.05) is 21.3 Å². The fraction of sp³-hybridized carbons (Fsp3) is 0.556. The minimum atomic E-state index is 0.0258. The highest BCUT2D eigenvalue weighted by atomic mass is 79.9. The molecule has 112 valence electrons. The number of hydrogen-bond acceptors (Lipinski definition) is 1. The van der Waals surface area contributed by atoms with E-state index in [4.69, 9.17) is 0 Å². The van der Waals surface area contributed by atoms with Gasteiger partial charge in [0.15, 0.2) is 0 Å². The van der Waals surface area contributed by atoms with Crippen LogP contribution in [0.15, 0.2) is 23.2 Å². The quantitative estimate of drug-likeness (QED) is 0.727. The summed E-state index contributed by atoms with van der Waals surface area (Å²) in [6.07, 6.45) is 1.09. The van der Waals surface area contributed by atoms with Gasteiger partial charge in [0.25, 0.3) is 0 Å². The zero-order chi connectivity index (χ0) is 15.7. The van der Waals surface area contributed by atoms with Crippen molar-refractivity contribution in [3.63, 3.8) is 0 Å². The lowest BCUT2D eigenvalue weighted by molar-refractivity contribution is 0.264. The van der Waals surface area contributed by atoms with Gasteiger partial charge < -0.3 is 5.32 Å². The number of aryl methyl sites for hydroxylation is 1. The van der Waals surface area contributed by atoms with Crippen molar-refractivity contribution in [2.45, 2.75) is 60.4 Å². The highest BCUT2D eigenvalue weighted by molar-refractivity contribution is 9.10. The minimum absolute atomic E-state index is 0.0258. The molecule has 0 amide bonds. The highest BCUT2D eigenvalue weighted by Gasteiger charge is 2.26. The van der Waals surface area contributed by atoms with Crippen molar-refractivity contribution in [3.05, 3.63) is 39.9 Å². The van der Waals surface area contributed by atoms with Crippen LogP contribution >= 0.6 is 15.9 Å². The van der Waals surface area contributed by atoms with E-state index in [2.05, 4.69) is 88.4 Å². The second kappa shape index (κ2) is 5.93. The molecule has 0 heterocycles. The Kier molecular flexibility index (Phi) is 5.13. The second-order valence-electron chi connectivity index (χ2n) is 7.62. The van der Waals surface area contributed by atoms with Gasteiger partial charge in [-0.3, -0.25) is 0 Å². The van der Waals surface area contributed by atoms with Gasteiger partial charge in [-0.2, -0.15) is 0 Å². The maximum Gasteiger partial charge on any atom is 0.0348 e. The smallest absolute Gasteiger partial charge is 0.0348 e. The minimum Gasteiger partial charge on any atom is -0.380 e. The van der Waals surface area contributed by atoms with Gasteiger partial charge in [-0.25, -0.2) is 0 Å². The molecule has 0 aliphatic carbocycles. The monoisotopic (exact) mass is 337 g/mol. The van der Waals surface area contributed by atoms with Crippen molar-refractivity contribution >= 4 is 21.6 Å². The van der Waals surface area contributed by atoms with Crippen molar-refractivity contribution in [1.82, 2.24) is 5.32 Å². The molecule has 0 aliphatic rings. The van der Waals surface area contributed by atoms with Gasteiger partial charge in [-0.15, -0.1) is 0 Å². The molecule has 2 heteroatoms. The Bertz CT molecular complexity index is 507. The molecule has 1 N–H and O–H groups in total. The van der Waals surface area contributed by atoms with Crippen LogP contribution in [0.4, 0.5) is 0 Å². The second-order valence-corrected chi connectivity index (χ2v) is 8.54. The van der Waals surface area contributed by atoms with Gasteiger partial charge >= 0.3 is 0 Å². The van der Waals surface area contributed by atoms with Crippen LogP contribution in [-0.4, -0.2) is 5.54 Å². The molecule has 1 nitrogen and oxygen atoms in total. The maximum absolute atomic E-state index is 4.25. The average Bonchev–Trinajstić information content (AvgIpc) is 2.18. The Morgan fingerprint density at radius 3 is 2.20 bits per heavy atom. The summed E-state index contributed by atoms with van der Waals surface area (Å²) in [6.45, 7) is 19.8. The molecule has 0 spiro atoms. The van der Waals surface area contributed by atoms with Crippen LogP contribution in [0.5, 0.6) is 0 Å². The predicted molar refractivity (Wildman–Crippen MR) is 93.9 cm³/mol. The van der Waals surface area contributed by atoms with E-state index in [1.54, 1.807) is 0 Å². The van der Waals surface area contributed by atoms with Crippen molar-refractivity contribution < 1.29 is 0 Å². The average molecular weight is 338 g/mol.